The van der Waals surface area contributed by atoms with Gasteiger partial charge in [0.15, 0.2) is 11.5 Å². The Morgan fingerprint density at radius 2 is 1.79 bits per heavy atom. The first-order chi connectivity index (χ1) is 18.4. The molecular weight excluding hydrogens is 491 g/mol. The van der Waals surface area contributed by atoms with Crippen molar-refractivity contribution in [2.75, 3.05) is 12.1 Å². The van der Waals surface area contributed by atoms with E-state index in [0.29, 0.717) is 34.0 Å². The summed E-state index contributed by atoms with van der Waals surface area (Å²) in [5.74, 6) is 0.499. The van der Waals surface area contributed by atoms with Crippen LogP contribution in [-0.4, -0.2) is 33.6 Å². The number of ether oxygens (including phenoxy) is 2. The van der Waals surface area contributed by atoms with Gasteiger partial charge in [-0.1, -0.05) is 12.1 Å². The van der Waals surface area contributed by atoms with Crippen LogP contribution in [0.3, 0.4) is 0 Å². The number of hydrogen-bond acceptors (Lipinski definition) is 6. The minimum absolute atomic E-state index is 0.0906. The standard InChI is InChI=1S/C28H23FN4O5/c29-19-6-1-16(2-7-19)14-30-28(36)33-23(17-3-4-17)13-22(32-33)21-9-8-20(12-24(21)34)31-27(35)18-5-10-25-26(11-18)38-15-37-25/h1-2,5-13,17,34H,3-4,14-15H2,(H,30,36)(H,31,35). The maximum absolute atomic E-state index is 13.2. The summed E-state index contributed by atoms with van der Waals surface area (Å²) in [6.45, 7) is 0.339. The van der Waals surface area contributed by atoms with Crippen molar-refractivity contribution < 1.29 is 28.6 Å². The van der Waals surface area contributed by atoms with Gasteiger partial charge in [0.25, 0.3) is 5.91 Å². The number of hydrogen-bond donors (Lipinski definition) is 3. The first kappa shape index (κ1) is 23.5. The molecule has 10 heteroatoms. The van der Waals surface area contributed by atoms with Crippen LogP contribution in [0.15, 0.2) is 66.7 Å². The highest BCUT2D eigenvalue weighted by Gasteiger charge is 2.31. The molecule has 1 aromatic heterocycles. The van der Waals surface area contributed by atoms with E-state index in [9.17, 15) is 19.1 Å². The van der Waals surface area contributed by atoms with Crippen molar-refractivity contribution in [3.63, 3.8) is 0 Å². The van der Waals surface area contributed by atoms with E-state index in [1.165, 1.54) is 22.9 Å². The van der Waals surface area contributed by atoms with Crippen LogP contribution in [0, 0.1) is 5.82 Å². The molecule has 3 N–H and O–H groups in total. The summed E-state index contributed by atoms with van der Waals surface area (Å²) in [6, 6.07) is 16.9. The zero-order valence-corrected chi connectivity index (χ0v) is 20.1. The predicted octanol–water partition coefficient (Wildman–Crippen LogP) is 5.01. The summed E-state index contributed by atoms with van der Waals surface area (Å²) in [5, 5.41) is 20.8. The van der Waals surface area contributed by atoms with Crippen LogP contribution in [0.5, 0.6) is 17.2 Å². The maximum Gasteiger partial charge on any atom is 0.342 e. The van der Waals surface area contributed by atoms with Gasteiger partial charge in [-0.15, -0.1) is 0 Å². The highest BCUT2D eigenvalue weighted by Crippen LogP contribution is 2.42. The summed E-state index contributed by atoms with van der Waals surface area (Å²) < 4.78 is 25.1. The number of aromatic hydroxyl groups is 1. The zero-order chi connectivity index (χ0) is 26.2. The Hall–Kier alpha value is -4.86. The van der Waals surface area contributed by atoms with E-state index in [-0.39, 0.29) is 36.7 Å². The molecule has 0 saturated heterocycles. The van der Waals surface area contributed by atoms with Crippen LogP contribution in [0.2, 0.25) is 0 Å². The minimum Gasteiger partial charge on any atom is -0.507 e. The highest BCUT2D eigenvalue weighted by atomic mass is 19.1. The summed E-state index contributed by atoms with van der Waals surface area (Å²) in [4.78, 5) is 25.6. The summed E-state index contributed by atoms with van der Waals surface area (Å²) in [6.07, 6.45) is 1.90. The molecule has 4 aromatic rings. The largest absolute Gasteiger partial charge is 0.507 e. The predicted molar refractivity (Wildman–Crippen MR) is 136 cm³/mol. The van der Waals surface area contributed by atoms with Gasteiger partial charge >= 0.3 is 6.03 Å². The molecule has 1 saturated carbocycles. The van der Waals surface area contributed by atoms with E-state index in [0.717, 1.165) is 24.1 Å². The Morgan fingerprint density at radius 3 is 2.55 bits per heavy atom. The topological polar surface area (TPSA) is 115 Å². The number of halogens is 1. The van der Waals surface area contributed by atoms with Crippen molar-refractivity contribution in [1.29, 1.82) is 0 Å². The molecule has 0 atom stereocenters. The van der Waals surface area contributed by atoms with Crippen LogP contribution in [0.1, 0.15) is 40.4 Å². The molecule has 192 valence electrons. The van der Waals surface area contributed by atoms with Gasteiger partial charge in [-0.3, -0.25) is 4.79 Å². The number of phenolic OH excluding ortho intramolecular Hbond substituents is 1. The third-order valence-electron chi connectivity index (χ3n) is 6.45. The van der Waals surface area contributed by atoms with E-state index in [1.54, 1.807) is 48.5 Å². The van der Waals surface area contributed by atoms with E-state index in [2.05, 4.69) is 15.7 Å². The second-order valence-electron chi connectivity index (χ2n) is 9.18. The summed E-state index contributed by atoms with van der Waals surface area (Å²) in [7, 11) is 0. The third-order valence-corrected chi connectivity index (χ3v) is 6.45. The lowest BCUT2D eigenvalue weighted by Crippen LogP contribution is -2.30. The van der Waals surface area contributed by atoms with E-state index >= 15 is 0 Å². The minimum atomic E-state index is -0.408. The lowest BCUT2D eigenvalue weighted by atomic mass is 10.1. The van der Waals surface area contributed by atoms with Crippen LogP contribution < -0.4 is 20.1 Å². The average Bonchev–Trinajstić information content (AvgIpc) is 3.48. The number of carbonyl (C=O) groups excluding carboxylic acids is 2. The monoisotopic (exact) mass is 514 g/mol. The lowest BCUT2D eigenvalue weighted by molar-refractivity contribution is 0.102. The van der Waals surface area contributed by atoms with Crippen LogP contribution in [0.25, 0.3) is 11.3 Å². The smallest absolute Gasteiger partial charge is 0.342 e. The van der Waals surface area contributed by atoms with Gasteiger partial charge in [-0.2, -0.15) is 9.78 Å². The second kappa shape index (κ2) is 9.55. The van der Waals surface area contributed by atoms with Gasteiger partial charge in [-0.05, 0) is 66.9 Å². The Balaban J connectivity index is 1.19. The fourth-order valence-electron chi connectivity index (χ4n) is 4.28. The molecule has 3 aromatic carbocycles. The second-order valence-corrected chi connectivity index (χ2v) is 9.18. The number of phenols is 1. The fourth-order valence-corrected chi connectivity index (χ4v) is 4.28. The SMILES string of the molecule is O=C(Nc1ccc(-c2cc(C3CC3)n(C(=O)NCc3ccc(F)cc3)n2)c(O)c1)c1ccc2c(c1)OCO2. The van der Waals surface area contributed by atoms with Gasteiger partial charge in [0, 0.05) is 35.3 Å². The highest BCUT2D eigenvalue weighted by molar-refractivity contribution is 6.05. The molecule has 9 nitrogen and oxygen atoms in total. The average molecular weight is 515 g/mol. The zero-order valence-electron chi connectivity index (χ0n) is 20.1. The molecule has 1 fully saturated rings. The van der Waals surface area contributed by atoms with Gasteiger partial charge in [0.05, 0.1) is 11.4 Å². The molecule has 6 rings (SSSR count). The van der Waals surface area contributed by atoms with Crippen molar-refractivity contribution in [2.24, 2.45) is 0 Å². The van der Waals surface area contributed by atoms with Crippen LogP contribution in [-0.2, 0) is 6.54 Å². The number of nitrogens with one attached hydrogen (secondary N) is 2. The maximum atomic E-state index is 13.2. The van der Waals surface area contributed by atoms with Gasteiger partial charge in [0.2, 0.25) is 6.79 Å². The molecule has 38 heavy (non-hydrogen) atoms. The number of rotatable bonds is 6. The van der Waals surface area contributed by atoms with Crippen molar-refractivity contribution in [2.45, 2.75) is 25.3 Å². The molecule has 1 aliphatic heterocycles. The normalized spacial score (nSPS) is 13.8. The lowest BCUT2D eigenvalue weighted by Gasteiger charge is -2.09. The molecule has 2 amide bonds. The molecule has 2 aliphatic rings. The van der Waals surface area contributed by atoms with Crippen molar-refractivity contribution in [3.05, 3.63) is 89.4 Å². The Labute approximate surface area is 216 Å². The first-order valence-corrected chi connectivity index (χ1v) is 12.1. The molecule has 0 bridgehead atoms. The number of fused-ring (bicyclic) bond motifs is 1. The van der Waals surface area contributed by atoms with E-state index < -0.39 is 6.03 Å². The summed E-state index contributed by atoms with van der Waals surface area (Å²) >= 11 is 0. The number of benzene rings is 3. The molecule has 0 unspecified atom stereocenters. The third kappa shape index (κ3) is 4.75. The number of amides is 2. The van der Waals surface area contributed by atoms with Crippen LogP contribution in [0.4, 0.5) is 14.9 Å². The Morgan fingerprint density at radius 1 is 1.00 bits per heavy atom. The molecule has 2 heterocycles. The summed E-state index contributed by atoms with van der Waals surface area (Å²) in [5.41, 5.74) is 3.17. The van der Waals surface area contributed by atoms with Crippen molar-refractivity contribution in [1.82, 2.24) is 15.1 Å². The van der Waals surface area contributed by atoms with Gasteiger partial charge in [0.1, 0.15) is 11.6 Å². The number of nitrogens with zero attached hydrogens (tertiary/aromatic N) is 2. The molecule has 0 radical (unpaired) electrons. The van der Waals surface area contributed by atoms with E-state index in [4.69, 9.17) is 9.47 Å². The van der Waals surface area contributed by atoms with Gasteiger partial charge < -0.3 is 25.2 Å². The fraction of sp³-hybridized carbons (Fsp3) is 0.179. The quantitative estimate of drug-likeness (QED) is 0.333. The van der Waals surface area contributed by atoms with Crippen molar-refractivity contribution in [3.8, 4) is 28.5 Å². The molecule has 1 aliphatic carbocycles. The Kier molecular flexibility index (Phi) is 5.91. The molecule has 0 spiro atoms. The molecular formula is C28H23FN4O5. The van der Waals surface area contributed by atoms with Crippen LogP contribution >= 0.6 is 0 Å². The Bertz CT molecular complexity index is 1550. The van der Waals surface area contributed by atoms with E-state index in [1.807, 2.05) is 0 Å². The number of carbonyl (C=O) groups is 2. The van der Waals surface area contributed by atoms with Gasteiger partial charge in [-0.25, -0.2) is 9.18 Å². The number of anilines is 1. The first-order valence-electron chi connectivity index (χ1n) is 12.1. The van der Waals surface area contributed by atoms with Crippen molar-refractivity contribution >= 4 is 17.6 Å². The number of aromatic nitrogens is 2.